The Bertz CT molecular complexity index is 423. The zero-order valence-electron chi connectivity index (χ0n) is 7.35. The van der Waals surface area contributed by atoms with Crippen LogP contribution in [0.15, 0.2) is 12.1 Å². The Kier molecular flexibility index (Phi) is 2.53. The Hall–Kier alpha value is -2.29. The highest BCUT2D eigenvalue weighted by molar-refractivity contribution is 5.64. The fraction of sp³-hybridized carbons (Fsp3) is 0.125. The summed E-state index contributed by atoms with van der Waals surface area (Å²) in [6.07, 6.45) is 0. The molecule has 0 bridgehead atoms. The van der Waals surface area contributed by atoms with Gasteiger partial charge < -0.3 is 10.5 Å². The number of hydrogen-bond acceptors (Lipinski definition) is 5. The molecule has 0 saturated heterocycles. The number of rotatable bonds is 2. The Morgan fingerprint density at radius 2 is 2.29 bits per heavy atom. The molecule has 0 aliphatic heterocycles. The maximum atomic E-state index is 10.5. The summed E-state index contributed by atoms with van der Waals surface area (Å²) in [6, 6.07) is 4.11. The van der Waals surface area contributed by atoms with Gasteiger partial charge in [-0.3, -0.25) is 10.1 Å². The van der Waals surface area contributed by atoms with Gasteiger partial charge in [-0.15, -0.1) is 0 Å². The molecule has 0 unspecified atom stereocenters. The van der Waals surface area contributed by atoms with Crippen molar-refractivity contribution >= 4 is 11.4 Å². The lowest BCUT2D eigenvalue weighted by atomic mass is 10.1. The van der Waals surface area contributed by atoms with E-state index in [0.29, 0.717) is 0 Å². The van der Waals surface area contributed by atoms with E-state index in [9.17, 15) is 10.1 Å². The molecule has 0 atom stereocenters. The van der Waals surface area contributed by atoms with Crippen LogP contribution < -0.4 is 10.5 Å². The van der Waals surface area contributed by atoms with Crippen LogP contribution in [0.1, 0.15) is 5.56 Å². The third-order valence-corrected chi connectivity index (χ3v) is 1.67. The molecule has 1 rings (SSSR count). The number of benzene rings is 1. The van der Waals surface area contributed by atoms with Crippen LogP contribution in [0.25, 0.3) is 0 Å². The average Bonchev–Trinajstić information content (AvgIpc) is 2.16. The maximum Gasteiger partial charge on any atom is 0.312 e. The summed E-state index contributed by atoms with van der Waals surface area (Å²) >= 11 is 0. The highest BCUT2D eigenvalue weighted by Gasteiger charge is 2.17. The van der Waals surface area contributed by atoms with Gasteiger partial charge in [0.1, 0.15) is 6.07 Å². The molecule has 0 heterocycles. The highest BCUT2D eigenvalue weighted by atomic mass is 16.6. The van der Waals surface area contributed by atoms with Crippen LogP contribution in [0.5, 0.6) is 5.75 Å². The van der Waals surface area contributed by atoms with Crippen molar-refractivity contribution in [3.8, 4) is 11.8 Å². The molecule has 0 spiro atoms. The lowest BCUT2D eigenvalue weighted by molar-refractivity contribution is -0.385. The zero-order chi connectivity index (χ0) is 10.7. The van der Waals surface area contributed by atoms with Gasteiger partial charge >= 0.3 is 5.69 Å². The third-order valence-electron chi connectivity index (χ3n) is 1.67. The number of nitro groups is 1. The van der Waals surface area contributed by atoms with Crippen LogP contribution >= 0.6 is 0 Å². The van der Waals surface area contributed by atoms with Gasteiger partial charge in [0, 0.05) is 12.1 Å². The van der Waals surface area contributed by atoms with Crippen LogP contribution in [-0.2, 0) is 0 Å². The van der Waals surface area contributed by atoms with Gasteiger partial charge in [0.05, 0.1) is 23.3 Å². The molecule has 6 heteroatoms. The number of nitrogen functional groups attached to an aromatic ring is 1. The standard InChI is InChI=1S/C8H7N3O3/c1-14-8-3-6(10)5(4-9)2-7(8)11(12)13/h2-3H,10H2,1H3. The summed E-state index contributed by atoms with van der Waals surface area (Å²) < 4.78 is 4.76. The van der Waals surface area contributed by atoms with Gasteiger partial charge in [0.15, 0.2) is 5.75 Å². The Labute approximate surface area is 79.7 Å². The summed E-state index contributed by atoms with van der Waals surface area (Å²) in [5.41, 5.74) is 5.42. The van der Waals surface area contributed by atoms with E-state index in [2.05, 4.69) is 0 Å². The van der Waals surface area contributed by atoms with E-state index in [4.69, 9.17) is 15.7 Å². The summed E-state index contributed by atoms with van der Waals surface area (Å²) in [4.78, 5) is 9.91. The largest absolute Gasteiger partial charge is 0.490 e. The van der Waals surface area contributed by atoms with Gasteiger partial charge in [0.25, 0.3) is 0 Å². The molecule has 6 nitrogen and oxygen atoms in total. The van der Waals surface area contributed by atoms with Crippen molar-refractivity contribution in [2.24, 2.45) is 0 Å². The second kappa shape index (κ2) is 3.62. The fourth-order valence-corrected chi connectivity index (χ4v) is 0.987. The van der Waals surface area contributed by atoms with Gasteiger partial charge in [0.2, 0.25) is 0 Å². The minimum atomic E-state index is -0.626. The van der Waals surface area contributed by atoms with Crippen LogP contribution in [0.2, 0.25) is 0 Å². The number of nitro benzene ring substituents is 1. The summed E-state index contributed by atoms with van der Waals surface area (Å²) in [7, 11) is 1.30. The first-order chi connectivity index (χ1) is 6.60. The fourth-order valence-electron chi connectivity index (χ4n) is 0.987. The molecule has 2 N–H and O–H groups in total. The van der Waals surface area contributed by atoms with E-state index in [-0.39, 0.29) is 22.7 Å². The molecule has 1 aromatic carbocycles. The molecule has 0 radical (unpaired) electrons. The minimum absolute atomic E-state index is 0.0477. The molecule has 0 aromatic heterocycles. The van der Waals surface area contributed by atoms with Crippen molar-refractivity contribution < 1.29 is 9.66 Å². The maximum absolute atomic E-state index is 10.5. The molecule has 0 saturated carbocycles. The molecular weight excluding hydrogens is 186 g/mol. The van der Waals surface area contributed by atoms with Crippen LogP contribution in [0.4, 0.5) is 11.4 Å². The van der Waals surface area contributed by atoms with Crippen molar-refractivity contribution in [1.82, 2.24) is 0 Å². The van der Waals surface area contributed by atoms with E-state index in [1.165, 1.54) is 13.2 Å². The molecule has 0 aliphatic rings. The number of methoxy groups -OCH3 is 1. The summed E-state index contributed by atoms with van der Waals surface area (Å²) in [5, 5.41) is 19.1. The number of nitrogens with zero attached hydrogens (tertiary/aromatic N) is 2. The van der Waals surface area contributed by atoms with Gasteiger partial charge in [-0.1, -0.05) is 0 Å². The monoisotopic (exact) mass is 193 g/mol. The van der Waals surface area contributed by atoms with E-state index >= 15 is 0 Å². The lowest BCUT2D eigenvalue weighted by Gasteiger charge is -2.03. The highest BCUT2D eigenvalue weighted by Crippen LogP contribution is 2.31. The third kappa shape index (κ3) is 1.56. The van der Waals surface area contributed by atoms with Crippen LogP contribution in [-0.4, -0.2) is 12.0 Å². The van der Waals surface area contributed by atoms with Crippen molar-refractivity contribution in [2.75, 3.05) is 12.8 Å². The van der Waals surface area contributed by atoms with E-state index in [1.54, 1.807) is 6.07 Å². The molecule has 0 aliphatic carbocycles. The van der Waals surface area contributed by atoms with Crippen molar-refractivity contribution in [3.05, 3.63) is 27.8 Å². The summed E-state index contributed by atoms with van der Waals surface area (Å²) in [5.74, 6) is 0.0477. The number of nitrogens with two attached hydrogens (primary N) is 1. The van der Waals surface area contributed by atoms with Gasteiger partial charge in [-0.05, 0) is 0 Å². The molecule has 0 amide bonds. The van der Waals surface area contributed by atoms with Gasteiger partial charge in [-0.2, -0.15) is 5.26 Å². The first-order valence-corrected chi connectivity index (χ1v) is 3.62. The predicted molar refractivity (Wildman–Crippen MR) is 48.8 cm³/mol. The Morgan fingerprint density at radius 1 is 1.64 bits per heavy atom. The van der Waals surface area contributed by atoms with Crippen LogP contribution in [0, 0.1) is 21.4 Å². The van der Waals surface area contributed by atoms with Crippen molar-refractivity contribution in [3.63, 3.8) is 0 Å². The first kappa shape index (κ1) is 9.80. The average molecular weight is 193 g/mol. The predicted octanol–water partition coefficient (Wildman–Crippen LogP) is 1.06. The van der Waals surface area contributed by atoms with Crippen LogP contribution in [0.3, 0.4) is 0 Å². The van der Waals surface area contributed by atoms with E-state index in [1.807, 2.05) is 0 Å². The smallest absolute Gasteiger partial charge is 0.312 e. The minimum Gasteiger partial charge on any atom is -0.490 e. The van der Waals surface area contributed by atoms with Crippen molar-refractivity contribution in [1.29, 1.82) is 5.26 Å². The molecule has 0 fully saturated rings. The second-order valence-corrected chi connectivity index (χ2v) is 2.48. The number of ether oxygens (including phenoxy) is 1. The summed E-state index contributed by atoms with van der Waals surface area (Å²) in [6.45, 7) is 0. The number of hydrogen-bond donors (Lipinski definition) is 1. The van der Waals surface area contributed by atoms with E-state index in [0.717, 1.165) is 6.07 Å². The Morgan fingerprint density at radius 3 is 2.71 bits per heavy atom. The van der Waals surface area contributed by atoms with Gasteiger partial charge in [-0.25, -0.2) is 0 Å². The molecule has 72 valence electrons. The zero-order valence-corrected chi connectivity index (χ0v) is 7.35. The van der Waals surface area contributed by atoms with Crippen molar-refractivity contribution in [2.45, 2.75) is 0 Å². The lowest BCUT2D eigenvalue weighted by Crippen LogP contribution is -1.98. The number of anilines is 1. The molecule has 1 aromatic rings. The molecular formula is C8H7N3O3. The Balaban J connectivity index is 3.42. The topological polar surface area (TPSA) is 102 Å². The van der Waals surface area contributed by atoms with E-state index < -0.39 is 4.92 Å². The normalized spacial score (nSPS) is 9.14. The second-order valence-electron chi connectivity index (χ2n) is 2.48. The molecule has 14 heavy (non-hydrogen) atoms. The number of nitriles is 1. The quantitative estimate of drug-likeness (QED) is 0.429. The first-order valence-electron chi connectivity index (χ1n) is 3.62. The SMILES string of the molecule is COc1cc(N)c(C#N)cc1[N+](=O)[O-].